The Labute approximate surface area is 164 Å². The number of nitrogens with one attached hydrogen (secondary N) is 1. The van der Waals surface area contributed by atoms with Crippen molar-refractivity contribution in [1.29, 1.82) is 0 Å². The monoisotopic (exact) mass is 373 g/mol. The molecule has 2 aliphatic heterocycles. The molecule has 2 heterocycles. The van der Waals surface area contributed by atoms with E-state index < -0.39 is 0 Å². The van der Waals surface area contributed by atoms with Gasteiger partial charge in [-0.05, 0) is 57.5 Å². The zero-order chi connectivity index (χ0) is 19.1. The van der Waals surface area contributed by atoms with Crippen LogP contribution < -0.4 is 15.0 Å². The van der Waals surface area contributed by atoms with Crippen LogP contribution >= 0.6 is 0 Å². The Kier molecular flexibility index (Phi) is 7.21. The summed E-state index contributed by atoms with van der Waals surface area (Å²) in [5, 5.41) is 3.59. The Balaban J connectivity index is 1.43. The van der Waals surface area contributed by atoms with Gasteiger partial charge >= 0.3 is 0 Å². The topological polar surface area (TPSA) is 43.3 Å². The molecule has 1 aromatic rings. The summed E-state index contributed by atoms with van der Waals surface area (Å²) >= 11 is 0. The predicted molar refractivity (Wildman–Crippen MR) is 113 cm³/mol. The Morgan fingerprint density at radius 1 is 1.15 bits per heavy atom. The second-order valence-corrected chi connectivity index (χ2v) is 7.68. The average molecular weight is 374 g/mol. The third kappa shape index (κ3) is 5.51. The lowest BCUT2D eigenvalue weighted by atomic mass is 9.94. The van der Waals surface area contributed by atoms with E-state index in [9.17, 15) is 0 Å². The maximum absolute atomic E-state index is 5.35. The molecule has 6 nitrogen and oxygen atoms in total. The molecule has 27 heavy (non-hydrogen) atoms. The highest BCUT2D eigenvalue weighted by atomic mass is 16.5. The van der Waals surface area contributed by atoms with Crippen LogP contribution in [-0.4, -0.2) is 82.8 Å². The van der Waals surface area contributed by atoms with Gasteiger partial charge in [-0.3, -0.25) is 4.99 Å². The van der Waals surface area contributed by atoms with E-state index in [2.05, 4.69) is 50.3 Å². The minimum atomic E-state index is 0.858. The number of benzene rings is 1. The van der Waals surface area contributed by atoms with Crippen LogP contribution in [-0.2, 0) is 0 Å². The number of ether oxygens (including phenoxy) is 1. The number of piperazine rings is 1. The maximum Gasteiger partial charge on any atom is 0.193 e. The van der Waals surface area contributed by atoms with Crippen LogP contribution in [0.1, 0.15) is 19.3 Å². The summed E-state index contributed by atoms with van der Waals surface area (Å²) in [5.74, 6) is 2.83. The molecular formula is C21H35N5O. The molecule has 0 spiro atoms. The molecule has 1 N–H and O–H groups in total. The first kappa shape index (κ1) is 19.8. The van der Waals surface area contributed by atoms with Crippen molar-refractivity contribution in [3.05, 3.63) is 24.3 Å². The molecule has 1 aromatic carbocycles. The molecule has 2 aliphatic rings. The molecule has 0 atom stereocenters. The number of anilines is 1. The van der Waals surface area contributed by atoms with E-state index >= 15 is 0 Å². The first-order chi connectivity index (χ1) is 13.2. The summed E-state index contributed by atoms with van der Waals surface area (Å²) < 4.78 is 5.35. The number of methoxy groups -OCH3 is 1. The van der Waals surface area contributed by atoms with Crippen molar-refractivity contribution >= 4 is 11.6 Å². The van der Waals surface area contributed by atoms with Gasteiger partial charge in [0.2, 0.25) is 0 Å². The Morgan fingerprint density at radius 3 is 2.56 bits per heavy atom. The molecule has 0 bridgehead atoms. The zero-order valence-electron chi connectivity index (χ0n) is 17.2. The zero-order valence-corrected chi connectivity index (χ0v) is 17.2. The summed E-state index contributed by atoms with van der Waals surface area (Å²) in [6, 6.07) is 8.33. The number of rotatable bonds is 5. The van der Waals surface area contributed by atoms with Gasteiger partial charge in [0.1, 0.15) is 5.75 Å². The largest absolute Gasteiger partial charge is 0.497 e. The number of hydrogen-bond donors (Lipinski definition) is 1. The van der Waals surface area contributed by atoms with Crippen molar-refractivity contribution in [2.75, 3.05) is 71.9 Å². The van der Waals surface area contributed by atoms with E-state index in [4.69, 9.17) is 4.74 Å². The van der Waals surface area contributed by atoms with Crippen LogP contribution in [0.2, 0.25) is 0 Å². The van der Waals surface area contributed by atoms with E-state index in [0.29, 0.717) is 0 Å². The number of nitrogens with zero attached hydrogens (tertiary/aromatic N) is 4. The van der Waals surface area contributed by atoms with Crippen molar-refractivity contribution in [3.8, 4) is 5.75 Å². The van der Waals surface area contributed by atoms with Crippen LogP contribution in [0.3, 0.4) is 0 Å². The Bertz CT molecular complexity index is 604. The fourth-order valence-electron chi connectivity index (χ4n) is 4.05. The highest BCUT2D eigenvalue weighted by Crippen LogP contribution is 2.22. The van der Waals surface area contributed by atoms with E-state index in [1.165, 1.54) is 38.0 Å². The number of piperidine rings is 1. The normalized spacial score (nSPS) is 20.0. The maximum atomic E-state index is 5.35. The Morgan fingerprint density at radius 2 is 1.89 bits per heavy atom. The van der Waals surface area contributed by atoms with Gasteiger partial charge in [-0.1, -0.05) is 6.07 Å². The van der Waals surface area contributed by atoms with Gasteiger partial charge in [0.15, 0.2) is 5.96 Å². The van der Waals surface area contributed by atoms with Gasteiger partial charge < -0.3 is 24.8 Å². The van der Waals surface area contributed by atoms with Gasteiger partial charge in [0.05, 0.1) is 7.11 Å². The Hall–Kier alpha value is -1.95. The van der Waals surface area contributed by atoms with E-state index in [-0.39, 0.29) is 0 Å². The van der Waals surface area contributed by atoms with Gasteiger partial charge in [-0.15, -0.1) is 0 Å². The molecule has 6 heteroatoms. The van der Waals surface area contributed by atoms with Crippen molar-refractivity contribution in [3.63, 3.8) is 0 Å². The smallest absolute Gasteiger partial charge is 0.193 e. The van der Waals surface area contributed by atoms with Crippen molar-refractivity contribution in [2.24, 2.45) is 10.9 Å². The van der Waals surface area contributed by atoms with Crippen molar-refractivity contribution in [2.45, 2.75) is 19.3 Å². The van der Waals surface area contributed by atoms with Crippen LogP contribution in [0, 0.1) is 5.92 Å². The van der Waals surface area contributed by atoms with Gasteiger partial charge in [0.25, 0.3) is 0 Å². The number of likely N-dealkylation sites (tertiary alicyclic amines) is 1. The standard InChI is InChI=1S/C21H35N5O/c1-22-21(23-10-7-18-8-11-24(2)12-9-18)26-15-13-25(14-16-26)19-5-4-6-20(17-19)27-3/h4-6,17-18H,7-16H2,1-3H3,(H,22,23). The molecule has 2 fully saturated rings. The van der Waals surface area contributed by atoms with Crippen LogP contribution in [0.15, 0.2) is 29.3 Å². The second-order valence-electron chi connectivity index (χ2n) is 7.68. The molecule has 0 aromatic heterocycles. The second kappa shape index (κ2) is 9.83. The van der Waals surface area contributed by atoms with Gasteiger partial charge in [-0.2, -0.15) is 0 Å². The third-order valence-corrected chi connectivity index (χ3v) is 5.88. The summed E-state index contributed by atoms with van der Waals surface area (Å²) in [6.07, 6.45) is 3.91. The fraction of sp³-hybridized carbons (Fsp3) is 0.667. The van der Waals surface area contributed by atoms with Gasteiger partial charge in [-0.25, -0.2) is 0 Å². The number of aliphatic imine (C=N–C) groups is 1. The molecule has 2 saturated heterocycles. The number of hydrogen-bond acceptors (Lipinski definition) is 4. The minimum absolute atomic E-state index is 0.858. The van der Waals surface area contributed by atoms with Crippen LogP contribution in [0.5, 0.6) is 5.75 Å². The molecule has 150 valence electrons. The summed E-state index contributed by atoms with van der Waals surface area (Å²) in [6.45, 7) is 7.50. The summed E-state index contributed by atoms with van der Waals surface area (Å²) in [4.78, 5) is 11.8. The minimum Gasteiger partial charge on any atom is -0.497 e. The first-order valence-corrected chi connectivity index (χ1v) is 10.2. The molecule has 0 unspecified atom stereocenters. The molecular weight excluding hydrogens is 338 g/mol. The lowest BCUT2D eigenvalue weighted by Gasteiger charge is -2.38. The van der Waals surface area contributed by atoms with E-state index in [0.717, 1.165) is 50.4 Å². The molecule has 0 saturated carbocycles. The van der Waals surface area contributed by atoms with E-state index in [1.807, 2.05) is 13.1 Å². The lowest BCUT2D eigenvalue weighted by molar-refractivity contribution is 0.212. The quantitative estimate of drug-likeness (QED) is 0.633. The molecule has 3 rings (SSSR count). The van der Waals surface area contributed by atoms with Crippen LogP contribution in [0.25, 0.3) is 0 Å². The first-order valence-electron chi connectivity index (χ1n) is 10.2. The summed E-state index contributed by atoms with van der Waals surface area (Å²) in [5.41, 5.74) is 1.24. The average Bonchev–Trinajstić information content (AvgIpc) is 2.73. The van der Waals surface area contributed by atoms with Crippen molar-refractivity contribution < 1.29 is 4.74 Å². The lowest BCUT2D eigenvalue weighted by Crippen LogP contribution is -2.52. The predicted octanol–water partition coefficient (Wildman–Crippen LogP) is 2.12. The third-order valence-electron chi connectivity index (χ3n) is 5.88. The number of guanidine groups is 1. The fourth-order valence-corrected chi connectivity index (χ4v) is 4.05. The van der Waals surface area contributed by atoms with E-state index in [1.54, 1.807) is 7.11 Å². The molecule has 0 aliphatic carbocycles. The highest BCUT2D eigenvalue weighted by Gasteiger charge is 2.21. The molecule has 0 radical (unpaired) electrons. The van der Waals surface area contributed by atoms with Crippen molar-refractivity contribution in [1.82, 2.24) is 15.1 Å². The SMILES string of the molecule is CN=C(NCCC1CCN(C)CC1)N1CCN(c2cccc(OC)c2)CC1. The van der Waals surface area contributed by atoms with Crippen LogP contribution in [0.4, 0.5) is 5.69 Å². The molecule has 0 amide bonds. The van der Waals surface area contributed by atoms with Gasteiger partial charge in [0, 0.05) is 51.5 Å². The summed E-state index contributed by atoms with van der Waals surface area (Å²) in [7, 11) is 5.84. The highest BCUT2D eigenvalue weighted by molar-refractivity contribution is 5.80.